The Morgan fingerprint density at radius 3 is 2.55 bits per heavy atom. The second-order valence-corrected chi connectivity index (χ2v) is 12.4. The molecule has 0 bridgehead atoms. The van der Waals surface area contributed by atoms with Gasteiger partial charge in [-0.25, -0.2) is 8.42 Å². The van der Waals surface area contributed by atoms with Gasteiger partial charge in [0.15, 0.2) is 0 Å². The number of carboxylic acid groups (broad SMARTS) is 1. The molecule has 0 saturated carbocycles. The van der Waals surface area contributed by atoms with Gasteiger partial charge in [-0.05, 0) is 74.3 Å². The molecule has 0 radical (unpaired) electrons. The summed E-state index contributed by atoms with van der Waals surface area (Å²) in [5.41, 5.74) is 0. The van der Waals surface area contributed by atoms with Crippen molar-refractivity contribution in [1.29, 1.82) is 0 Å². The van der Waals surface area contributed by atoms with Crippen molar-refractivity contribution in [3.05, 3.63) is 41.4 Å². The number of ether oxygens (including phenoxy) is 1. The predicted octanol–water partition coefficient (Wildman–Crippen LogP) is 1.78. The van der Waals surface area contributed by atoms with Crippen LogP contribution in [0.4, 0.5) is 0 Å². The molecule has 3 fully saturated rings. The first kappa shape index (κ1) is 30.2. The van der Waals surface area contributed by atoms with E-state index >= 15 is 0 Å². The van der Waals surface area contributed by atoms with Crippen LogP contribution in [0.15, 0.2) is 41.3 Å². The van der Waals surface area contributed by atoms with E-state index in [9.17, 15) is 18.0 Å². The van der Waals surface area contributed by atoms with Gasteiger partial charge < -0.3 is 24.5 Å². The summed E-state index contributed by atoms with van der Waals surface area (Å²) in [5, 5.41) is 9.02. The number of carbonyl (C=O) groups is 3. The zero-order valence-electron chi connectivity index (χ0n) is 22.4. The highest BCUT2D eigenvalue weighted by atomic mass is 35.5. The minimum atomic E-state index is -3.93. The van der Waals surface area contributed by atoms with Crippen LogP contribution < -0.4 is 4.72 Å². The van der Waals surface area contributed by atoms with Crippen molar-refractivity contribution in [3.63, 3.8) is 0 Å². The van der Waals surface area contributed by atoms with Gasteiger partial charge in [0, 0.05) is 31.2 Å². The molecule has 5 rings (SSSR count). The maximum absolute atomic E-state index is 13.3. The lowest BCUT2D eigenvalue weighted by Gasteiger charge is -2.37. The molecule has 40 heavy (non-hydrogen) atoms. The molecule has 0 aliphatic carbocycles. The molecule has 0 spiro atoms. The molecule has 3 aliphatic rings. The van der Waals surface area contributed by atoms with Gasteiger partial charge in [0.1, 0.15) is 12.1 Å². The standard InChI is InChI=1S/C26H33ClN4O5S.CH2O2/c1-18(25(32)30-12-13-36-22(17-30)16-29-9-2-3-10-29)31-11-8-24(26(31)33)28-37(34,35)23-7-5-19-14-21(27)6-4-20(19)15-23;2-1-3/h4-7,14-15,18,22,24,28H,2-3,8-13,16-17H2,1H3;1H,(H,2,3)/t18?,22-,24-;/m0./s1. The van der Waals surface area contributed by atoms with E-state index in [1.807, 2.05) is 0 Å². The lowest BCUT2D eigenvalue weighted by Crippen LogP contribution is -2.55. The molecule has 3 atom stereocenters. The Bertz CT molecular complexity index is 1340. The largest absolute Gasteiger partial charge is 0.483 e. The number of carbonyl (C=O) groups excluding carboxylic acids is 2. The van der Waals surface area contributed by atoms with Crippen LogP contribution in [0.25, 0.3) is 10.8 Å². The summed E-state index contributed by atoms with van der Waals surface area (Å²) in [6, 6.07) is 8.41. The third-order valence-electron chi connectivity index (χ3n) is 7.56. The maximum atomic E-state index is 13.3. The van der Waals surface area contributed by atoms with Crippen LogP contribution >= 0.6 is 11.6 Å². The fraction of sp³-hybridized carbons (Fsp3) is 0.519. The highest BCUT2D eigenvalue weighted by Gasteiger charge is 2.41. The summed E-state index contributed by atoms with van der Waals surface area (Å²) in [6.07, 6.45) is 2.67. The highest BCUT2D eigenvalue weighted by Crippen LogP contribution is 2.24. The smallest absolute Gasteiger partial charge is 0.290 e. The summed E-state index contributed by atoms with van der Waals surface area (Å²) < 4.78 is 34.6. The van der Waals surface area contributed by atoms with Crippen molar-refractivity contribution in [3.8, 4) is 0 Å². The lowest BCUT2D eigenvalue weighted by atomic mass is 10.1. The fourth-order valence-electron chi connectivity index (χ4n) is 5.49. The summed E-state index contributed by atoms with van der Waals surface area (Å²) in [7, 11) is -3.93. The van der Waals surface area contributed by atoms with Gasteiger partial charge in [-0.1, -0.05) is 23.7 Å². The molecule has 2 amide bonds. The molecule has 0 aromatic heterocycles. The Kier molecular flexibility index (Phi) is 10.0. The van der Waals surface area contributed by atoms with Crippen molar-refractivity contribution in [2.24, 2.45) is 0 Å². The molecular weight excluding hydrogens is 560 g/mol. The van der Waals surface area contributed by atoms with E-state index in [0.29, 0.717) is 37.7 Å². The molecule has 1 unspecified atom stereocenters. The molecule has 11 nitrogen and oxygen atoms in total. The van der Waals surface area contributed by atoms with Crippen LogP contribution in [0.1, 0.15) is 26.2 Å². The van der Waals surface area contributed by atoms with Gasteiger partial charge in [0.05, 0.1) is 17.6 Å². The first-order valence-corrected chi connectivity index (χ1v) is 15.2. The van der Waals surface area contributed by atoms with Gasteiger partial charge >= 0.3 is 0 Å². The fourth-order valence-corrected chi connectivity index (χ4v) is 6.93. The minimum Gasteiger partial charge on any atom is -0.483 e. The first-order chi connectivity index (χ1) is 19.1. The summed E-state index contributed by atoms with van der Waals surface area (Å²) >= 11 is 6.02. The minimum absolute atomic E-state index is 0.0326. The molecule has 3 heterocycles. The topological polar surface area (TPSA) is 137 Å². The number of hydrogen-bond donors (Lipinski definition) is 2. The zero-order valence-corrected chi connectivity index (χ0v) is 23.9. The maximum Gasteiger partial charge on any atom is 0.290 e. The van der Waals surface area contributed by atoms with E-state index in [2.05, 4.69) is 9.62 Å². The number of nitrogens with one attached hydrogen (secondary N) is 1. The molecule has 2 aromatic carbocycles. The summed E-state index contributed by atoms with van der Waals surface area (Å²) in [4.78, 5) is 40.5. The molecular formula is C27H35ClN4O7S. The van der Waals surface area contributed by atoms with Crippen molar-refractivity contribution in [1.82, 2.24) is 19.4 Å². The molecule has 2 N–H and O–H groups in total. The molecule has 3 aliphatic heterocycles. The number of nitrogens with zero attached hydrogens (tertiary/aromatic N) is 3. The Balaban J connectivity index is 0.00000118. The number of hydrogen-bond acceptors (Lipinski definition) is 7. The third kappa shape index (κ3) is 7.10. The van der Waals surface area contributed by atoms with E-state index in [1.165, 1.54) is 23.8 Å². The van der Waals surface area contributed by atoms with Crippen molar-refractivity contribution >= 4 is 50.7 Å². The third-order valence-corrected chi connectivity index (χ3v) is 9.26. The SMILES string of the molecule is CC(C(=O)N1CCO[C@@H](CN2CCCC2)C1)N1CC[C@H](NS(=O)(=O)c2ccc3cc(Cl)ccc3c2)C1=O.O=CO. The second-order valence-electron chi connectivity index (χ2n) is 10.2. The van der Waals surface area contributed by atoms with E-state index in [-0.39, 0.29) is 29.3 Å². The van der Waals surface area contributed by atoms with Crippen LogP contribution in [0.5, 0.6) is 0 Å². The Morgan fingerprint density at radius 2 is 1.82 bits per heavy atom. The van der Waals surface area contributed by atoms with Gasteiger partial charge in [-0.3, -0.25) is 14.4 Å². The van der Waals surface area contributed by atoms with Crippen molar-refractivity contribution in [2.45, 2.75) is 49.3 Å². The van der Waals surface area contributed by atoms with Gasteiger partial charge in [0.25, 0.3) is 6.47 Å². The Morgan fingerprint density at radius 1 is 1.15 bits per heavy atom. The predicted molar refractivity (Wildman–Crippen MR) is 150 cm³/mol. The lowest BCUT2D eigenvalue weighted by molar-refractivity contribution is -0.148. The number of benzene rings is 2. The first-order valence-electron chi connectivity index (χ1n) is 13.4. The van der Waals surface area contributed by atoms with Crippen molar-refractivity contribution < 1.29 is 32.6 Å². The van der Waals surface area contributed by atoms with Gasteiger partial charge in [0.2, 0.25) is 21.8 Å². The Hall–Kier alpha value is -2.77. The molecule has 218 valence electrons. The number of fused-ring (bicyclic) bond motifs is 1. The summed E-state index contributed by atoms with van der Waals surface area (Å²) in [6.45, 7) is 6.20. The Labute approximate surface area is 239 Å². The molecule has 13 heteroatoms. The van der Waals surface area contributed by atoms with E-state index in [1.54, 1.807) is 42.2 Å². The van der Waals surface area contributed by atoms with Gasteiger partial charge in [-0.2, -0.15) is 4.72 Å². The monoisotopic (exact) mass is 594 g/mol. The number of rotatable bonds is 7. The molecule has 2 aromatic rings. The van der Waals surface area contributed by atoms with Crippen LogP contribution in [0, 0.1) is 0 Å². The highest BCUT2D eigenvalue weighted by molar-refractivity contribution is 7.89. The normalized spacial score (nSPS) is 22.7. The van der Waals surface area contributed by atoms with Crippen LogP contribution in [0.2, 0.25) is 5.02 Å². The average Bonchev–Trinajstić information content (AvgIpc) is 3.57. The van der Waals surface area contributed by atoms with E-state index in [4.69, 9.17) is 26.2 Å². The number of sulfonamides is 1. The number of halogens is 1. The quantitative estimate of drug-likeness (QED) is 0.463. The summed E-state index contributed by atoms with van der Waals surface area (Å²) in [5.74, 6) is -0.501. The zero-order chi connectivity index (χ0) is 28.9. The number of morpholine rings is 1. The number of likely N-dealkylation sites (tertiary alicyclic amines) is 2. The van der Waals surface area contributed by atoms with Crippen LogP contribution in [-0.4, -0.2) is 111 Å². The van der Waals surface area contributed by atoms with Crippen LogP contribution in [-0.2, 0) is 29.1 Å². The second kappa shape index (κ2) is 13.3. The van der Waals surface area contributed by atoms with E-state index in [0.717, 1.165) is 30.4 Å². The average molecular weight is 595 g/mol. The van der Waals surface area contributed by atoms with Crippen LogP contribution in [0.3, 0.4) is 0 Å². The van der Waals surface area contributed by atoms with Crippen molar-refractivity contribution in [2.75, 3.05) is 45.9 Å². The number of amides is 2. The molecule has 3 saturated heterocycles. The van der Waals surface area contributed by atoms with E-state index < -0.39 is 22.1 Å². The van der Waals surface area contributed by atoms with Gasteiger partial charge in [-0.15, -0.1) is 0 Å².